The lowest BCUT2D eigenvalue weighted by molar-refractivity contribution is 0.122. The summed E-state index contributed by atoms with van der Waals surface area (Å²) in [7, 11) is 0. The number of imidazole rings is 1. The Morgan fingerprint density at radius 3 is 2.70 bits per heavy atom. The van der Waals surface area contributed by atoms with E-state index >= 15 is 0 Å². The van der Waals surface area contributed by atoms with Gasteiger partial charge in [-0.05, 0) is 19.1 Å². The third kappa shape index (κ3) is 2.93. The van der Waals surface area contributed by atoms with Gasteiger partial charge in [-0.15, -0.1) is 0 Å². The standard InChI is InChI=1S/C19H19N7O/c1-13-11-26(12-21-13)19-23-17(15-3-2-4-16-14(15)5-6-20-16)22-18(24-19)25-7-9-27-10-8-25/h2-6,11-12,20H,7-10H2,1H3. The van der Waals surface area contributed by atoms with Crippen molar-refractivity contribution in [3.05, 3.63) is 48.7 Å². The molecule has 1 aromatic carbocycles. The first-order valence-corrected chi connectivity index (χ1v) is 8.94. The number of aryl methyl sites for hydroxylation is 1. The molecule has 8 nitrogen and oxygen atoms in total. The highest BCUT2D eigenvalue weighted by Crippen LogP contribution is 2.27. The van der Waals surface area contributed by atoms with E-state index < -0.39 is 0 Å². The minimum atomic E-state index is 0.564. The maximum atomic E-state index is 5.47. The highest BCUT2D eigenvalue weighted by atomic mass is 16.5. The Bertz CT molecular complexity index is 1090. The topological polar surface area (TPSA) is 84.8 Å². The molecule has 27 heavy (non-hydrogen) atoms. The molecule has 0 amide bonds. The number of fused-ring (bicyclic) bond motifs is 1. The first-order chi connectivity index (χ1) is 13.3. The van der Waals surface area contributed by atoms with Gasteiger partial charge in [-0.25, -0.2) is 4.98 Å². The lowest BCUT2D eigenvalue weighted by Crippen LogP contribution is -2.37. The number of anilines is 1. The summed E-state index contributed by atoms with van der Waals surface area (Å²) in [5, 5.41) is 1.09. The molecule has 136 valence electrons. The fraction of sp³-hybridized carbons (Fsp3) is 0.263. The Kier molecular flexibility index (Phi) is 3.83. The van der Waals surface area contributed by atoms with Gasteiger partial charge in [0.2, 0.25) is 11.9 Å². The van der Waals surface area contributed by atoms with Crippen molar-refractivity contribution in [3.63, 3.8) is 0 Å². The van der Waals surface area contributed by atoms with E-state index in [-0.39, 0.29) is 0 Å². The molecule has 1 N–H and O–H groups in total. The zero-order valence-corrected chi connectivity index (χ0v) is 15.0. The molecule has 1 aliphatic heterocycles. The summed E-state index contributed by atoms with van der Waals surface area (Å²) in [5.41, 5.74) is 2.95. The average molecular weight is 361 g/mol. The zero-order valence-electron chi connectivity index (χ0n) is 15.0. The third-order valence-corrected chi connectivity index (χ3v) is 4.68. The van der Waals surface area contributed by atoms with E-state index in [1.165, 1.54) is 0 Å². The summed E-state index contributed by atoms with van der Waals surface area (Å²) in [6.45, 7) is 4.82. The maximum absolute atomic E-state index is 5.47. The number of nitrogens with zero attached hydrogens (tertiary/aromatic N) is 6. The summed E-state index contributed by atoms with van der Waals surface area (Å²) >= 11 is 0. The minimum absolute atomic E-state index is 0.564. The Morgan fingerprint density at radius 2 is 1.89 bits per heavy atom. The summed E-state index contributed by atoms with van der Waals surface area (Å²) in [6.07, 6.45) is 5.58. The largest absolute Gasteiger partial charge is 0.378 e. The van der Waals surface area contributed by atoms with Gasteiger partial charge in [-0.1, -0.05) is 12.1 Å². The molecule has 0 unspecified atom stereocenters. The van der Waals surface area contributed by atoms with E-state index in [4.69, 9.17) is 19.7 Å². The van der Waals surface area contributed by atoms with Crippen LogP contribution in [0, 0.1) is 6.92 Å². The normalized spacial score (nSPS) is 14.8. The van der Waals surface area contributed by atoms with E-state index in [0.717, 1.165) is 35.2 Å². The zero-order chi connectivity index (χ0) is 18.2. The van der Waals surface area contributed by atoms with Gasteiger partial charge in [-0.3, -0.25) is 4.57 Å². The van der Waals surface area contributed by atoms with Gasteiger partial charge in [-0.2, -0.15) is 15.0 Å². The first-order valence-electron chi connectivity index (χ1n) is 8.94. The molecule has 0 saturated carbocycles. The second-order valence-electron chi connectivity index (χ2n) is 6.53. The van der Waals surface area contributed by atoms with Crippen LogP contribution in [0.2, 0.25) is 0 Å². The number of ether oxygens (including phenoxy) is 1. The maximum Gasteiger partial charge on any atom is 0.240 e. The van der Waals surface area contributed by atoms with Crippen molar-refractivity contribution in [3.8, 4) is 17.3 Å². The van der Waals surface area contributed by atoms with Crippen molar-refractivity contribution < 1.29 is 4.74 Å². The van der Waals surface area contributed by atoms with Crippen LogP contribution in [0.5, 0.6) is 0 Å². The number of aromatic nitrogens is 6. The number of benzene rings is 1. The van der Waals surface area contributed by atoms with Crippen LogP contribution in [0.1, 0.15) is 5.69 Å². The van der Waals surface area contributed by atoms with Gasteiger partial charge in [0.25, 0.3) is 0 Å². The van der Waals surface area contributed by atoms with Crippen molar-refractivity contribution >= 4 is 16.9 Å². The fourth-order valence-electron chi connectivity index (χ4n) is 3.31. The van der Waals surface area contributed by atoms with Gasteiger partial charge in [0.1, 0.15) is 6.33 Å². The summed E-state index contributed by atoms with van der Waals surface area (Å²) in [6, 6.07) is 8.14. The fourth-order valence-corrected chi connectivity index (χ4v) is 3.31. The van der Waals surface area contributed by atoms with Crippen LogP contribution in [-0.4, -0.2) is 55.8 Å². The van der Waals surface area contributed by atoms with Gasteiger partial charge in [0.05, 0.1) is 18.9 Å². The van der Waals surface area contributed by atoms with Crippen LogP contribution in [-0.2, 0) is 4.74 Å². The Hall–Kier alpha value is -3.26. The van der Waals surface area contributed by atoms with Crippen molar-refractivity contribution in [1.29, 1.82) is 0 Å². The van der Waals surface area contributed by atoms with E-state index in [1.54, 1.807) is 6.33 Å². The van der Waals surface area contributed by atoms with E-state index in [0.29, 0.717) is 30.9 Å². The van der Waals surface area contributed by atoms with E-state index in [9.17, 15) is 0 Å². The molecule has 1 fully saturated rings. The molecule has 1 saturated heterocycles. The van der Waals surface area contributed by atoms with Crippen LogP contribution >= 0.6 is 0 Å². The van der Waals surface area contributed by atoms with Crippen molar-refractivity contribution in [2.75, 3.05) is 31.2 Å². The smallest absolute Gasteiger partial charge is 0.240 e. The van der Waals surface area contributed by atoms with E-state index in [2.05, 4.69) is 14.9 Å². The predicted octanol–water partition coefficient (Wildman–Crippen LogP) is 2.35. The molecule has 4 heterocycles. The molecule has 5 rings (SSSR count). The van der Waals surface area contributed by atoms with Crippen LogP contribution in [0.4, 0.5) is 5.95 Å². The van der Waals surface area contributed by atoms with Crippen LogP contribution < -0.4 is 4.90 Å². The Labute approximate surface area is 155 Å². The molecule has 0 aliphatic carbocycles. The molecule has 0 radical (unpaired) electrons. The number of hydrogen-bond donors (Lipinski definition) is 1. The molecule has 1 aliphatic rings. The van der Waals surface area contributed by atoms with E-state index in [1.807, 2.05) is 48.1 Å². The van der Waals surface area contributed by atoms with Crippen LogP contribution in [0.15, 0.2) is 43.0 Å². The molecule has 8 heteroatoms. The molecule has 4 aromatic rings. The van der Waals surface area contributed by atoms with Crippen molar-refractivity contribution in [2.45, 2.75) is 6.92 Å². The SMILES string of the molecule is Cc1cn(-c2nc(-c3cccc4[nH]ccc34)nc(N3CCOCC3)n2)cn1. The number of morpholine rings is 1. The lowest BCUT2D eigenvalue weighted by atomic mass is 10.1. The monoisotopic (exact) mass is 361 g/mol. The van der Waals surface area contributed by atoms with Gasteiger partial charge in [0.15, 0.2) is 5.82 Å². The number of H-pyrrole nitrogens is 1. The van der Waals surface area contributed by atoms with Crippen molar-refractivity contribution in [1.82, 2.24) is 29.5 Å². The summed E-state index contributed by atoms with van der Waals surface area (Å²) in [4.78, 5) is 23.9. The highest BCUT2D eigenvalue weighted by molar-refractivity contribution is 5.93. The number of aromatic amines is 1. The van der Waals surface area contributed by atoms with Crippen LogP contribution in [0.3, 0.4) is 0 Å². The second-order valence-corrected chi connectivity index (χ2v) is 6.53. The highest BCUT2D eigenvalue weighted by Gasteiger charge is 2.19. The molecule has 3 aromatic heterocycles. The van der Waals surface area contributed by atoms with Crippen molar-refractivity contribution in [2.24, 2.45) is 0 Å². The third-order valence-electron chi connectivity index (χ3n) is 4.68. The molecular formula is C19H19N7O. The second kappa shape index (κ2) is 6.48. The Morgan fingerprint density at radius 1 is 1.04 bits per heavy atom. The number of rotatable bonds is 3. The average Bonchev–Trinajstić information content (AvgIpc) is 3.37. The molecular weight excluding hydrogens is 342 g/mol. The number of hydrogen-bond acceptors (Lipinski definition) is 6. The number of nitrogens with one attached hydrogen (secondary N) is 1. The first kappa shape index (κ1) is 16.0. The summed E-state index contributed by atoms with van der Waals surface area (Å²) in [5.74, 6) is 1.88. The van der Waals surface area contributed by atoms with Crippen LogP contribution in [0.25, 0.3) is 28.2 Å². The van der Waals surface area contributed by atoms with Gasteiger partial charge < -0.3 is 14.6 Å². The van der Waals surface area contributed by atoms with Gasteiger partial charge >= 0.3 is 0 Å². The summed E-state index contributed by atoms with van der Waals surface area (Å²) < 4.78 is 7.30. The molecule has 0 atom stereocenters. The minimum Gasteiger partial charge on any atom is -0.378 e. The molecule has 0 bridgehead atoms. The van der Waals surface area contributed by atoms with Gasteiger partial charge in [0, 0.05) is 41.9 Å². The molecule has 0 spiro atoms. The predicted molar refractivity (Wildman–Crippen MR) is 102 cm³/mol. The quantitative estimate of drug-likeness (QED) is 0.603. The lowest BCUT2D eigenvalue weighted by Gasteiger charge is -2.27. The Balaban J connectivity index is 1.68.